The van der Waals surface area contributed by atoms with Gasteiger partial charge in [0.05, 0.1) is 5.69 Å². The van der Waals surface area contributed by atoms with E-state index in [2.05, 4.69) is 10.3 Å². The van der Waals surface area contributed by atoms with Crippen LogP contribution < -0.4 is 14.8 Å². The van der Waals surface area contributed by atoms with Gasteiger partial charge in [-0.25, -0.2) is 13.8 Å². The molecule has 1 aliphatic rings. The van der Waals surface area contributed by atoms with Crippen LogP contribution in [0.1, 0.15) is 11.3 Å². The van der Waals surface area contributed by atoms with Gasteiger partial charge in [-0.3, -0.25) is 4.79 Å². The number of nitrogens with one attached hydrogen (secondary N) is 1. The molecule has 0 aliphatic carbocycles. The summed E-state index contributed by atoms with van der Waals surface area (Å²) < 4.78 is 38.3. The highest BCUT2D eigenvalue weighted by Crippen LogP contribution is 2.36. The zero-order valence-electron chi connectivity index (χ0n) is 14.3. The number of carbonyl (C=O) groups excluding carboxylic acids is 1. The Bertz CT molecular complexity index is 1100. The quantitative estimate of drug-likeness (QED) is 0.704. The second kappa shape index (κ2) is 6.68. The highest BCUT2D eigenvalue weighted by atomic mass is 19.1. The molecule has 0 saturated carbocycles. The summed E-state index contributed by atoms with van der Waals surface area (Å²) in [4.78, 5) is 16.4. The van der Waals surface area contributed by atoms with E-state index in [1.807, 2.05) is 0 Å². The average Bonchev–Trinajstić information content (AvgIpc) is 3.10. The van der Waals surface area contributed by atoms with Crippen molar-refractivity contribution >= 4 is 28.6 Å². The second-order valence-electron chi connectivity index (χ2n) is 6.00. The topological polar surface area (TPSA) is 60.5 Å². The van der Waals surface area contributed by atoms with Crippen molar-refractivity contribution in [3.8, 4) is 11.5 Å². The van der Waals surface area contributed by atoms with Crippen molar-refractivity contribution in [2.45, 2.75) is 6.92 Å². The van der Waals surface area contributed by atoms with Crippen LogP contribution >= 0.6 is 0 Å². The number of halogens is 2. The number of nitrogens with zero attached hydrogens (tertiary/aromatic N) is 1. The third kappa shape index (κ3) is 3.31. The molecular formula is C20H14F2N2O3. The van der Waals surface area contributed by atoms with E-state index in [1.54, 1.807) is 37.3 Å². The summed E-state index contributed by atoms with van der Waals surface area (Å²) in [5.74, 6) is -0.802. The standard InChI is InChI=1S/C20H14F2N2O3/c1-11-7-16(14-8-13(21)9-15(22)19(14)23-11)24-18(25)6-5-12-3-2-4-17-20(12)27-10-26-17/h2-9H,10H2,1H3,(H,23,24,25)/b6-5+. The van der Waals surface area contributed by atoms with E-state index in [1.165, 1.54) is 6.08 Å². The number of pyridine rings is 1. The summed E-state index contributed by atoms with van der Waals surface area (Å²) in [6.45, 7) is 1.80. The first-order valence-electron chi connectivity index (χ1n) is 8.15. The Morgan fingerprint density at radius 2 is 2.07 bits per heavy atom. The highest BCUT2D eigenvalue weighted by molar-refractivity contribution is 6.07. The predicted octanol–water partition coefficient (Wildman–Crippen LogP) is 4.20. The monoisotopic (exact) mass is 368 g/mol. The van der Waals surface area contributed by atoms with Crippen molar-refractivity contribution in [2.75, 3.05) is 12.1 Å². The molecule has 0 bridgehead atoms. The van der Waals surface area contributed by atoms with Crippen molar-refractivity contribution in [3.63, 3.8) is 0 Å². The third-order valence-corrected chi connectivity index (χ3v) is 4.06. The third-order valence-electron chi connectivity index (χ3n) is 4.06. The summed E-state index contributed by atoms with van der Waals surface area (Å²) in [5, 5.41) is 2.84. The maximum atomic E-state index is 14.0. The first-order valence-corrected chi connectivity index (χ1v) is 8.15. The Balaban J connectivity index is 1.63. The number of aryl methyl sites for hydroxylation is 1. The van der Waals surface area contributed by atoms with Crippen LogP contribution in [-0.4, -0.2) is 17.7 Å². The van der Waals surface area contributed by atoms with E-state index in [-0.39, 0.29) is 23.4 Å². The maximum absolute atomic E-state index is 14.0. The minimum atomic E-state index is -0.781. The van der Waals surface area contributed by atoms with Gasteiger partial charge in [-0.05, 0) is 31.2 Å². The fourth-order valence-electron chi connectivity index (χ4n) is 2.91. The van der Waals surface area contributed by atoms with Crippen molar-refractivity contribution in [1.29, 1.82) is 0 Å². The summed E-state index contributed by atoms with van der Waals surface area (Å²) >= 11 is 0. The Morgan fingerprint density at radius 1 is 1.22 bits per heavy atom. The van der Waals surface area contributed by atoms with E-state index in [0.29, 0.717) is 22.8 Å². The lowest BCUT2D eigenvalue weighted by molar-refractivity contribution is -0.111. The van der Waals surface area contributed by atoms with Crippen LogP contribution in [0.4, 0.5) is 14.5 Å². The number of fused-ring (bicyclic) bond motifs is 2. The van der Waals surface area contributed by atoms with Crippen LogP contribution in [-0.2, 0) is 4.79 Å². The molecule has 3 aromatic rings. The van der Waals surface area contributed by atoms with E-state index in [4.69, 9.17) is 9.47 Å². The molecule has 1 aliphatic heterocycles. The van der Waals surface area contributed by atoms with E-state index in [0.717, 1.165) is 12.1 Å². The minimum Gasteiger partial charge on any atom is -0.454 e. The molecule has 2 aromatic carbocycles. The molecule has 1 amide bonds. The summed E-state index contributed by atoms with van der Waals surface area (Å²) in [5.41, 5.74) is 1.47. The lowest BCUT2D eigenvalue weighted by atomic mass is 10.1. The molecule has 4 rings (SSSR count). The number of aromatic nitrogens is 1. The smallest absolute Gasteiger partial charge is 0.248 e. The molecule has 0 saturated heterocycles. The molecule has 0 unspecified atom stereocenters. The van der Waals surface area contributed by atoms with Gasteiger partial charge in [0, 0.05) is 28.8 Å². The normalized spacial score (nSPS) is 12.7. The SMILES string of the molecule is Cc1cc(NC(=O)/C=C/c2cccc3c2OCO3)c2cc(F)cc(F)c2n1. The molecule has 5 nitrogen and oxygen atoms in total. The Kier molecular flexibility index (Phi) is 4.19. The van der Waals surface area contributed by atoms with E-state index < -0.39 is 17.5 Å². The van der Waals surface area contributed by atoms with Crippen molar-refractivity contribution in [3.05, 3.63) is 65.4 Å². The molecule has 0 fully saturated rings. The number of para-hydroxylation sites is 1. The first-order chi connectivity index (χ1) is 13.0. The van der Waals surface area contributed by atoms with Crippen LogP contribution in [0.25, 0.3) is 17.0 Å². The van der Waals surface area contributed by atoms with Gasteiger partial charge in [0.1, 0.15) is 11.3 Å². The molecule has 1 aromatic heterocycles. The van der Waals surface area contributed by atoms with Gasteiger partial charge < -0.3 is 14.8 Å². The van der Waals surface area contributed by atoms with Crippen molar-refractivity contribution in [2.24, 2.45) is 0 Å². The van der Waals surface area contributed by atoms with Gasteiger partial charge >= 0.3 is 0 Å². The van der Waals surface area contributed by atoms with Crippen LogP contribution in [0.5, 0.6) is 11.5 Å². The Morgan fingerprint density at radius 3 is 2.93 bits per heavy atom. The zero-order chi connectivity index (χ0) is 19.0. The lowest BCUT2D eigenvalue weighted by Gasteiger charge is -2.09. The predicted molar refractivity (Wildman–Crippen MR) is 96.6 cm³/mol. The highest BCUT2D eigenvalue weighted by Gasteiger charge is 2.16. The molecule has 7 heteroatoms. The van der Waals surface area contributed by atoms with E-state index in [9.17, 15) is 13.6 Å². The lowest BCUT2D eigenvalue weighted by Crippen LogP contribution is -2.09. The summed E-state index contributed by atoms with van der Waals surface area (Å²) in [6.07, 6.45) is 2.90. The van der Waals surface area contributed by atoms with Crippen LogP contribution in [0.3, 0.4) is 0 Å². The molecule has 0 radical (unpaired) electrons. The molecule has 0 atom stereocenters. The summed E-state index contributed by atoms with van der Waals surface area (Å²) in [6, 6.07) is 8.81. The number of ether oxygens (including phenoxy) is 2. The molecular weight excluding hydrogens is 354 g/mol. The van der Waals surface area contributed by atoms with Crippen LogP contribution in [0.15, 0.2) is 42.5 Å². The number of hydrogen-bond donors (Lipinski definition) is 1. The van der Waals surface area contributed by atoms with Gasteiger partial charge in [-0.2, -0.15) is 0 Å². The number of benzene rings is 2. The summed E-state index contributed by atoms with van der Waals surface area (Å²) in [7, 11) is 0. The number of rotatable bonds is 3. The number of amides is 1. The molecule has 0 spiro atoms. The van der Waals surface area contributed by atoms with Gasteiger partial charge in [-0.15, -0.1) is 0 Å². The molecule has 27 heavy (non-hydrogen) atoms. The van der Waals surface area contributed by atoms with Gasteiger partial charge in [0.15, 0.2) is 17.3 Å². The fourth-order valence-corrected chi connectivity index (χ4v) is 2.91. The van der Waals surface area contributed by atoms with Gasteiger partial charge in [0.2, 0.25) is 12.7 Å². The molecule has 136 valence electrons. The van der Waals surface area contributed by atoms with Gasteiger partial charge in [0.25, 0.3) is 0 Å². The molecule has 1 N–H and O–H groups in total. The zero-order valence-corrected chi connectivity index (χ0v) is 14.3. The fraction of sp³-hybridized carbons (Fsp3) is 0.100. The van der Waals surface area contributed by atoms with Gasteiger partial charge in [-0.1, -0.05) is 12.1 Å². The van der Waals surface area contributed by atoms with Crippen LogP contribution in [0.2, 0.25) is 0 Å². The largest absolute Gasteiger partial charge is 0.454 e. The second-order valence-corrected chi connectivity index (χ2v) is 6.00. The number of carbonyl (C=O) groups is 1. The van der Waals surface area contributed by atoms with E-state index >= 15 is 0 Å². The maximum Gasteiger partial charge on any atom is 0.248 e. The average molecular weight is 368 g/mol. The molecule has 2 heterocycles. The van der Waals surface area contributed by atoms with Crippen molar-refractivity contribution in [1.82, 2.24) is 4.98 Å². The number of hydrogen-bond acceptors (Lipinski definition) is 4. The Labute approximate surface area is 153 Å². The first kappa shape index (κ1) is 17.0. The van der Waals surface area contributed by atoms with Crippen LogP contribution in [0, 0.1) is 18.6 Å². The Hall–Kier alpha value is -3.48. The minimum absolute atomic E-state index is 0.00195. The van der Waals surface area contributed by atoms with Crippen molar-refractivity contribution < 1.29 is 23.0 Å². The number of anilines is 1.